The lowest BCUT2D eigenvalue weighted by molar-refractivity contribution is 0.210. The highest BCUT2D eigenvalue weighted by molar-refractivity contribution is 4.88. The van der Waals surface area contributed by atoms with E-state index in [1.54, 1.807) is 0 Å². The van der Waals surface area contributed by atoms with E-state index in [-0.39, 0.29) is 0 Å². The van der Waals surface area contributed by atoms with Gasteiger partial charge in [-0.05, 0) is 42.3 Å². The molecule has 7 heteroatoms. The molecular weight excluding hydrogens is 266 g/mol. The minimum absolute atomic E-state index is 0.529. The zero-order valence-electron chi connectivity index (χ0n) is 12.6. The first-order chi connectivity index (χ1) is 10.4. The van der Waals surface area contributed by atoms with Crippen LogP contribution in [0.5, 0.6) is 0 Å². The van der Waals surface area contributed by atoms with Crippen LogP contribution in [0, 0.1) is 0 Å². The van der Waals surface area contributed by atoms with E-state index >= 15 is 0 Å². The van der Waals surface area contributed by atoms with Crippen LogP contribution in [0.3, 0.4) is 0 Å². The summed E-state index contributed by atoms with van der Waals surface area (Å²) in [5.74, 6) is 0.982. The topological polar surface area (TPSA) is 64.7 Å². The quantitative estimate of drug-likeness (QED) is 0.769. The van der Waals surface area contributed by atoms with Crippen molar-refractivity contribution in [3.8, 4) is 0 Å². The number of nitrogens with zero attached hydrogens (tertiary/aromatic N) is 7. The molecule has 1 aliphatic rings. The van der Waals surface area contributed by atoms with Crippen LogP contribution in [0.15, 0.2) is 18.5 Å². The predicted octanol–water partition coefficient (Wildman–Crippen LogP) is 1.33. The van der Waals surface area contributed by atoms with Crippen LogP contribution in [0.1, 0.15) is 38.4 Å². The number of hydrogen-bond acceptors (Lipinski definition) is 5. The molecule has 0 aromatic carbocycles. The molecule has 0 N–H and O–H groups in total. The number of unbranched alkanes of at least 4 members (excludes halogenated alkanes) is 1. The van der Waals surface area contributed by atoms with E-state index in [0.29, 0.717) is 6.04 Å². The summed E-state index contributed by atoms with van der Waals surface area (Å²) < 4.78 is 3.97. The summed E-state index contributed by atoms with van der Waals surface area (Å²) in [6.45, 7) is 6.00. The molecule has 0 amide bonds. The largest absolute Gasteiger partial charge is 0.291 e. The maximum Gasteiger partial charge on any atom is 0.165 e. The van der Waals surface area contributed by atoms with E-state index in [2.05, 4.69) is 32.4 Å². The number of rotatable bonds is 7. The summed E-state index contributed by atoms with van der Waals surface area (Å²) >= 11 is 0. The third-order valence-corrected chi connectivity index (χ3v) is 4.13. The summed E-state index contributed by atoms with van der Waals surface area (Å²) in [6.07, 6.45) is 8.60. The normalized spacial score (nSPS) is 19.4. The van der Waals surface area contributed by atoms with Crippen molar-refractivity contribution >= 4 is 0 Å². The van der Waals surface area contributed by atoms with Gasteiger partial charge in [0.25, 0.3) is 0 Å². The van der Waals surface area contributed by atoms with Gasteiger partial charge in [-0.25, -0.2) is 4.68 Å². The van der Waals surface area contributed by atoms with Crippen molar-refractivity contribution in [3.05, 3.63) is 24.3 Å². The minimum atomic E-state index is 0.529. The second-order valence-corrected chi connectivity index (χ2v) is 5.67. The van der Waals surface area contributed by atoms with Gasteiger partial charge in [0, 0.05) is 25.0 Å². The Bertz CT molecular complexity index is 533. The average molecular weight is 289 g/mol. The molecule has 2 aromatic heterocycles. The molecule has 0 saturated carbocycles. The molecule has 114 valence electrons. The van der Waals surface area contributed by atoms with Gasteiger partial charge in [0.15, 0.2) is 5.82 Å². The van der Waals surface area contributed by atoms with E-state index in [0.717, 1.165) is 44.8 Å². The monoisotopic (exact) mass is 289 g/mol. The molecule has 0 spiro atoms. The molecule has 0 unspecified atom stereocenters. The molecule has 1 saturated heterocycles. The molecule has 1 atom stereocenters. The highest BCUT2D eigenvalue weighted by atomic mass is 15.5. The third-order valence-electron chi connectivity index (χ3n) is 4.13. The fourth-order valence-corrected chi connectivity index (χ4v) is 2.93. The molecule has 0 bridgehead atoms. The Morgan fingerprint density at radius 3 is 3.14 bits per heavy atom. The molecule has 1 fully saturated rings. The first-order valence-electron chi connectivity index (χ1n) is 7.83. The molecular formula is C14H23N7. The Morgan fingerprint density at radius 1 is 1.38 bits per heavy atom. The number of aromatic nitrogens is 6. The van der Waals surface area contributed by atoms with Gasteiger partial charge < -0.3 is 0 Å². The van der Waals surface area contributed by atoms with E-state index < -0.39 is 0 Å². The first-order valence-corrected chi connectivity index (χ1v) is 7.83. The van der Waals surface area contributed by atoms with Gasteiger partial charge >= 0.3 is 0 Å². The van der Waals surface area contributed by atoms with Crippen molar-refractivity contribution in [2.24, 2.45) is 0 Å². The Kier molecular flexibility index (Phi) is 4.59. The van der Waals surface area contributed by atoms with E-state index in [1.165, 1.54) is 12.8 Å². The zero-order valence-corrected chi connectivity index (χ0v) is 12.6. The Morgan fingerprint density at radius 2 is 2.33 bits per heavy atom. The van der Waals surface area contributed by atoms with Crippen molar-refractivity contribution in [3.63, 3.8) is 0 Å². The van der Waals surface area contributed by atoms with Crippen LogP contribution in [0.2, 0.25) is 0 Å². The SMILES string of the molecule is CCCCn1nnnc1CN1CCC[C@@H]1Cn1cccn1. The average Bonchev–Trinajstić information content (AvgIpc) is 3.21. The smallest absolute Gasteiger partial charge is 0.165 e. The van der Waals surface area contributed by atoms with Crippen molar-refractivity contribution in [1.29, 1.82) is 0 Å². The van der Waals surface area contributed by atoms with Crippen molar-refractivity contribution in [2.75, 3.05) is 6.54 Å². The minimum Gasteiger partial charge on any atom is -0.291 e. The zero-order chi connectivity index (χ0) is 14.5. The number of aryl methyl sites for hydroxylation is 1. The van der Waals surface area contributed by atoms with Gasteiger partial charge in [0.1, 0.15) is 0 Å². The van der Waals surface area contributed by atoms with Gasteiger partial charge in [0.05, 0.1) is 13.1 Å². The van der Waals surface area contributed by atoms with Gasteiger partial charge in [-0.3, -0.25) is 9.58 Å². The van der Waals surface area contributed by atoms with Gasteiger partial charge in [0.2, 0.25) is 0 Å². The lowest BCUT2D eigenvalue weighted by atomic mass is 10.2. The summed E-state index contributed by atoms with van der Waals surface area (Å²) in [6, 6.07) is 2.51. The molecule has 0 radical (unpaired) electrons. The highest BCUT2D eigenvalue weighted by Crippen LogP contribution is 2.20. The molecule has 0 aliphatic carbocycles. The van der Waals surface area contributed by atoms with Crippen LogP contribution in [0.25, 0.3) is 0 Å². The van der Waals surface area contributed by atoms with Crippen molar-refractivity contribution < 1.29 is 0 Å². The summed E-state index contributed by atoms with van der Waals surface area (Å²) in [7, 11) is 0. The van der Waals surface area contributed by atoms with Crippen LogP contribution in [-0.2, 0) is 19.6 Å². The van der Waals surface area contributed by atoms with Crippen LogP contribution in [-0.4, -0.2) is 47.5 Å². The van der Waals surface area contributed by atoms with E-state index in [1.807, 2.05) is 27.8 Å². The number of tetrazole rings is 1. The van der Waals surface area contributed by atoms with Crippen LogP contribution in [0.4, 0.5) is 0 Å². The second-order valence-electron chi connectivity index (χ2n) is 5.67. The van der Waals surface area contributed by atoms with Crippen LogP contribution >= 0.6 is 0 Å². The maximum atomic E-state index is 4.31. The summed E-state index contributed by atoms with van der Waals surface area (Å²) in [5.41, 5.74) is 0. The first kappa shape index (κ1) is 14.2. The standard InChI is InChI=1S/C14H23N7/c1-2-3-10-21-14(16-17-18-21)12-19-8-4-6-13(19)11-20-9-5-7-15-20/h5,7,9,13H,2-4,6,8,10-12H2,1H3/t13-/m1/s1. The van der Waals surface area contributed by atoms with E-state index in [4.69, 9.17) is 0 Å². The Hall–Kier alpha value is -1.76. The van der Waals surface area contributed by atoms with Gasteiger partial charge in [-0.1, -0.05) is 13.3 Å². The Labute approximate surface area is 124 Å². The lowest BCUT2D eigenvalue weighted by Gasteiger charge is -2.23. The molecule has 21 heavy (non-hydrogen) atoms. The molecule has 1 aliphatic heterocycles. The molecule has 3 rings (SSSR count). The van der Waals surface area contributed by atoms with Crippen LogP contribution < -0.4 is 0 Å². The fourth-order valence-electron chi connectivity index (χ4n) is 2.93. The van der Waals surface area contributed by atoms with E-state index in [9.17, 15) is 0 Å². The summed E-state index contributed by atoms with van der Waals surface area (Å²) in [5, 5.41) is 16.5. The lowest BCUT2D eigenvalue weighted by Crippen LogP contribution is -2.33. The van der Waals surface area contributed by atoms with Crippen molar-refractivity contribution in [1.82, 2.24) is 34.9 Å². The fraction of sp³-hybridized carbons (Fsp3) is 0.714. The molecule has 3 heterocycles. The number of hydrogen-bond donors (Lipinski definition) is 0. The van der Waals surface area contributed by atoms with Gasteiger partial charge in [-0.2, -0.15) is 5.10 Å². The highest BCUT2D eigenvalue weighted by Gasteiger charge is 2.26. The van der Waals surface area contributed by atoms with Gasteiger partial charge in [-0.15, -0.1) is 5.10 Å². The third kappa shape index (κ3) is 3.47. The number of likely N-dealkylation sites (tertiary alicyclic amines) is 1. The summed E-state index contributed by atoms with van der Waals surface area (Å²) in [4.78, 5) is 2.48. The predicted molar refractivity (Wildman–Crippen MR) is 78.4 cm³/mol. The maximum absolute atomic E-state index is 4.31. The second kappa shape index (κ2) is 6.80. The molecule has 7 nitrogen and oxygen atoms in total. The molecule has 2 aromatic rings. The van der Waals surface area contributed by atoms with Crippen molar-refractivity contribution in [2.45, 2.75) is 58.3 Å². The Balaban J connectivity index is 1.62.